The second kappa shape index (κ2) is 4.99. The molecule has 86 valence electrons. The van der Waals surface area contributed by atoms with E-state index in [-0.39, 0.29) is 28.4 Å². The molecule has 2 N–H and O–H groups in total. The van der Waals surface area contributed by atoms with Crippen LogP contribution in [0.15, 0.2) is 0 Å². The first-order chi connectivity index (χ1) is 6.97. The minimum atomic E-state index is -0.224. The maximum absolute atomic E-state index is 11.9. The molecule has 1 rings (SSSR count). The molecule has 15 heavy (non-hydrogen) atoms. The van der Waals surface area contributed by atoms with Crippen molar-refractivity contribution in [2.45, 2.75) is 43.7 Å². The summed E-state index contributed by atoms with van der Waals surface area (Å²) in [5, 5.41) is -0.00249. The van der Waals surface area contributed by atoms with Crippen LogP contribution < -0.4 is 5.73 Å². The Hall–Kier alpha value is -0.550. The number of carbonyl (C=O) groups excluding carboxylic acids is 2. The van der Waals surface area contributed by atoms with Crippen LogP contribution in [0.4, 0.5) is 0 Å². The van der Waals surface area contributed by atoms with Crippen molar-refractivity contribution in [2.24, 2.45) is 5.73 Å². The molecular formula is C10H18N2O2S. The van der Waals surface area contributed by atoms with Crippen molar-refractivity contribution >= 4 is 23.6 Å². The lowest BCUT2D eigenvalue weighted by Crippen LogP contribution is -2.37. The van der Waals surface area contributed by atoms with E-state index in [4.69, 9.17) is 5.73 Å². The van der Waals surface area contributed by atoms with Crippen molar-refractivity contribution in [3.8, 4) is 0 Å². The average molecular weight is 230 g/mol. The Balaban J connectivity index is 2.65. The number of nitrogens with two attached hydrogens (primary N) is 1. The molecule has 1 aliphatic rings. The Morgan fingerprint density at radius 3 is 2.47 bits per heavy atom. The number of hydrogen-bond donors (Lipinski definition) is 1. The number of carbonyl (C=O) groups is 2. The van der Waals surface area contributed by atoms with Crippen LogP contribution in [0.5, 0.6) is 0 Å². The molecule has 1 fully saturated rings. The normalized spacial score (nSPS) is 24.1. The lowest BCUT2D eigenvalue weighted by molar-refractivity contribution is -0.140. The topological polar surface area (TPSA) is 63.4 Å². The van der Waals surface area contributed by atoms with E-state index in [1.807, 2.05) is 20.8 Å². The summed E-state index contributed by atoms with van der Waals surface area (Å²) in [5.74, 6) is -0.114. The molecule has 5 heteroatoms. The Kier molecular flexibility index (Phi) is 4.16. The summed E-state index contributed by atoms with van der Waals surface area (Å²) in [5.41, 5.74) is 5.49. The highest BCUT2D eigenvalue weighted by Crippen LogP contribution is 2.29. The number of likely N-dealkylation sites (tertiary alicyclic amines) is 1. The number of imide groups is 1. The van der Waals surface area contributed by atoms with Crippen LogP contribution in [0, 0.1) is 0 Å². The van der Waals surface area contributed by atoms with Gasteiger partial charge in [-0.25, -0.2) is 0 Å². The van der Waals surface area contributed by atoms with E-state index in [0.717, 1.165) is 0 Å². The Morgan fingerprint density at radius 1 is 1.47 bits per heavy atom. The van der Waals surface area contributed by atoms with Crippen LogP contribution in [0.2, 0.25) is 0 Å². The summed E-state index contributed by atoms with van der Waals surface area (Å²) in [7, 11) is 0. The summed E-state index contributed by atoms with van der Waals surface area (Å²) in [6, 6.07) is -0.0382. The molecule has 0 aromatic heterocycles. The standard InChI is InChI=1S/C10H18N2O2S/c1-6(2)12-9(13)4-8(10(12)14)15-7(3)5-11/h6-8H,4-5,11H2,1-3H3. The van der Waals surface area contributed by atoms with E-state index in [1.165, 1.54) is 16.7 Å². The monoisotopic (exact) mass is 230 g/mol. The Bertz CT molecular complexity index is 268. The molecule has 0 spiro atoms. The first-order valence-electron chi connectivity index (χ1n) is 5.18. The quantitative estimate of drug-likeness (QED) is 0.718. The summed E-state index contributed by atoms with van der Waals surface area (Å²) in [6.45, 7) is 6.22. The van der Waals surface area contributed by atoms with Crippen molar-refractivity contribution in [2.75, 3.05) is 6.54 Å². The second-order valence-electron chi connectivity index (χ2n) is 4.07. The maximum atomic E-state index is 11.9. The third-order valence-corrected chi connectivity index (χ3v) is 3.74. The molecule has 0 aromatic rings. The zero-order chi connectivity index (χ0) is 11.6. The lowest BCUT2D eigenvalue weighted by Gasteiger charge is -2.19. The molecular weight excluding hydrogens is 212 g/mol. The molecule has 0 bridgehead atoms. The highest BCUT2D eigenvalue weighted by atomic mass is 32.2. The highest BCUT2D eigenvalue weighted by molar-refractivity contribution is 8.01. The lowest BCUT2D eigenvalue weighted by atomic mass is 10.3. The first kappa shape index (κ1) is 12.5. The number of hydrogen-bond acceptors (Lipinski definition) is 4. The molecule has 2 unspecified atom stereocenters. The molecule has 4 nitrogen and oxygen atoms in total. The van der Waals surface area contributed by atoms with E-state index >= 15 is 0 Å². The van der Waals surface area contributed by atoms with Crippen LogP contribution >= 0.6 is 11.8 Å². The molecule has 1 heterocycles. The van der Waals surface area contributed by atoms with Gasteiger partial charge in [0, 0.05) is 24.3 Å². The second-order valence-corrected chi connectivity index (χ2v) is 5.72. The maximum Gasteiger partial charge on any atom is 0.243 e. The number of rotatable bonds is 4. The van der Waals surface area contributed by atoms with Crippen LogP contribution in [0.3, 0.4) is 0 Å². The summed E-state index contributed by atoms with van der Waals surface area (Å²) >= 11 is 1.50. The third-order valence-electron chi connectivity index (χ3n) is 2.39. The number of amides is 2. The molecule has 0 aliphatic carbocycles. The van der Waals surface area contributed by atoms with Gasteiger partial charge >= 0.3 is 0 Å². The van der Waals surface area contributed by atoms with Gasteiger partial charge in [0.05, 0.1) is 5.25 Å². The van der Waals surface area contributed by atoms with Gasteiger partial charge in [0.1, 0.15) is 0 Å². The van der Waals surface area contributed by atoms with Gasteiger partial charge in [-0.1, -0.05) is 6.92 Å². The predicted molar refractivity (Wildman–Crippen MR) is 61.5 cm³/mol. The minimum absolute atomic E-state index is 0.0382. The van der Waals surface area contributed by atoms with Gasteiger partial charge in [0.25, 0.3) is 0 Å². The fourth-order valence-electron chi connectivity index (χ4n) is 1.61. The van der Waals surface area contributed by atoms with Crippen LogP contribution in [0.25, 0.3) is 0 Å². The SMILES string of the molecule is CC(CN)SC1CC(=O)N(C(C)C)C1=O. The molecule has 2 amide bonds. The van der Waals surface area contributed by atoms with Crippen molar-refractivity contribution in [3.63, 3.8) is 0 Å². The van der Waals surface area contributed by atoms with Gasteiger partial charge in [-0.15, -0.1) is 11.8 Å². The average Bonchev–Trinajstić information content (AvgIpc) is 2.41. The Labute approximate surface area is 94.6 Å². The van der Waals surface area contributed by atoms with Crippen LogP contribution in [0.1, 0.15) is 27.2 Å². The smallest absolute Gasteiger partial charge is 0.243 e. The number of thioether (sulfide) groups is 1. The molecule has 2 atom stereocenters. The fraction of sp³-hybridized carbons (Fsp3) is 0.800. The van der Waals surface area contributed by atoms with E-state index < -0.39 is 0 Å². The van der Waals surface area contributed by atoms with E-state index in [9.17, 15) is 9.59 Å². The zero-order valence-corrected chi connectivity index (χ0v) is 10.2. The largest absolute Gasteiger partial charge is 0.329 e. The van der Waals surface area contributed by atoms with Crippen molar-refractivity contribution in [1.82, 2.24) is 4.90 Å². The molecule has 1 saturated heterocycles. The van der Waals surface area contributed by atoms with Gasteiger partial charge in [-0.2, -0.15) is 0 Å². The van der Waals surface area contributed by atoms with Gasteiger partial charge in [-0.3, -0.25) is 14.5 Å². The van der Waals surface area contributed by atoms with Crippen molar-refractivity contribution in [1.29, 1.82) is 0 Å². The van der Waals surface area contributed by atoms with Gasteiger partial charge in [0.2, 0.25) is 11.8 Å². The number of nitrogens with zero attached hydrogens (tertiary/aromatic N) is 1. The van der Waals surface area contributed by atoms with Crippen molar-refractivity contribution < 1.29 is 9.59 Å². The molecule has 1 aliphatic heterocycles. The predicted octanol–water partition coefficient (Wildman–Crippen LogP) is 0.603. The Morgan fingerprint density at radius 2 is 2.07 bits per heavy atom. The third kappa shape index (κ3) is 2.72. The zero-order valence-electron chi connectivity index (χ0n) is 9.40. The molecule has 0 radical (unpaired) electrons. The summed E-state index contributed by atoms with van der Waals surface area (Å²) in [4.78, 5) is 24.8. The van der Waals surface area contributed by atoms with Gasteiger partial charge in [0.15, 0.2) is 0 Å². The molecule has 0 saturated carbocycles. The van der Waals surface area contributed by atoms with Crippen LogP contribution in [-0.2, 0) is 9.59 Å². The minimum Gasteiger partial charge on any atom is -0.329 e. The fourth-order valence-corrected chi connectivity index (χ4v) is 2.75. The van der Waals surface area contributed by atoms with E-state index in [1.54, 1.807) is 0 Å². The van der Waals surface area contributed by atoms with Gasteiger partial charge in [-0.05, 0) is 13.8 Å². The van der Waals surface area contributed by atoms with Crippen molar-refractivity contribution in [3.05, 3.63) is 0 Å². The summed E-state index contributed by atoms with van der Waals surface area (Å²) in [6.07, 6.45) is 0.325. The van der Waals surface area contributed by atoms with E-state index in [0.29, 0.717) is 13.0 Å². The first-order valence-corrected chi connectivity index (χ1v) is 6.13. The highest BCUT2D eigenvalue weighted by Gasteiger charge is 2.40. The molecule has 0 aromatic carbocycles. The summed E-state index contributed by atoms with van der Waals surface area (Å²) < 4.78 is 0. The van der Waals surface area contributed by atoms with E-state index in [2.05, 4.69) is 0 Å². The van der Waals surface area contributed by atoms with Gasteiger partial charge < -0.3 is 5.73 Å². The van der Waals surface area contributed by atoms with Crippen LogP contribution in [-0.4, -0.2) is 39.8 Å².